The molecule has 0 aliphatic carbocycles. The Labute approximate surface area is 89.1 Å². The molecule has 0 saturated heterocycles. The predicted molar refractivity (Wildman–Crippen MR) is 58.2 cm³/mol. The highest BCUT2D eigenvalue weighted by Gasteiger charge is 2.15. The Bertz CT molecular complexity index is 372. The first kappa shape index (κ1) is 11.8. The molecule has 0 amide bonds. The number of ether oxygens (including phenoxy) is 1. The zero-order valence-corrected chi connectivity index (χ0v) is 9.30. The van der Waals surface area contributed by atoms with Crippen LogP contribution in [0.25, 0.3) is 0 Å². The van der Waals surface area contributed by atoms with Gasteiger partial charge >= 0.3 is 0 Å². The van der Waals surface area contributed by atoms with E-state index in [1.807, 2.05) is 20.8 Å². The molecule has 1 N–H and O–H groups in total. The van der Waals surface area contributed by atoms with Crippen LogP contribution in [-0.2, 0) is 4.74 Å². The lowest BCUT2D eigenvalue weighted by molar-refractivity contribution is 0.0414. The van der Waals surface area contributed by atoms with Gasteiger partial charge in [0.25, 0.3) is 5.56 Å². The van der Waals surface area contributed by atoms with Gasteiger partial charge in [0.2, 0.25) is 0 Å². The van der Waals surface area contributed by atoms with Gasteiger partial charge in [-0.3, -0.25) is 4.79 Å². The van der Waals surface area contributed by atoms with Crippen LogP contribution < -0.4 is 5.56 Å². The molecule has 15 heavy (non-hydrogen) atoms. The number of rotatable bonds is 4. The highest BCUT2D eigenvalue weighted by atomic mass is 16.5. The molecule has 0 spiro atoms. The SMILES string of the molecule is CCOC(C)C(C)n1cccc(O)c1=O. The average molecular weight is 211 g/mol. The van der Waals surface area contributed by atoms with Crippen LogP contribution in [0.5, 0.6) is 5.75 Å². The minimum atomic E-state index is -0.378. The lowest BCUT2D eigenvalue weighted by Crippen LogP contribution is -2.30. The number of hydrogen-bond acceptors (Lipinski definition) is 3. The molecule has 2 unspecified atom stereocenters. The lowest BCUT2D eigenvalue weighted by atomic mass is 10.2. The zero-order chi connectivity index (χ0) is 11.4. The maximum absolute atomic E-state index is 11.6. The van der Waals surface area contributed by atoms with Crippen molar-refractivity contribution in [1.82, 2.24) is 4.57 Å². The summed E-state index contributed by atoms with van der Waals surface area (Å²) in [5, 5.41) is 9.29. The van der Waals surface area contributed by atoms with Gasteiger partial charge in [-0.05, 0) is 32.9 Å². The number of pyridine rings is 1. The Hall–Kier alpha value is -1.29. The van der Waals surface area contributed by atoms with E-state index >= 15 is 0 Å². The minimum Gasteiger partial charge on any atom is -0.503 e. The molecule has 4 nitrogen and oxygen atoms in total. The van der Waals surface area contributed by atoms with Gasteiger partial charge in [-0.2, -0.15) is 0 Å². The van der Waals surface area contributed by atoms with Crippen molar-refractivity contribution in [2.24, 2.45) is 0 Å². The molecular weight excluding hydrogens is 194 g/mol. The van der Waals surface area contributed by atoms with Crippen LogP contribution in [0.2, 0.25) is 0 Å². The van der Waals surface area contributed by atoms with Gasteiger partial charge in [0.05, 0.1) is 12.1 Å². The van der Waals surface area contributed by atoms with E-state index in [1.54, 1.807) is 12.3 Å². The maximum Gasteiger partial charge on any atom is 0.292 e. The second-order valence-corrected chi connectivity index (χ2v) is 3.51. The summed E-state index contributed by atoms with van der Waals surface area (Å²) in [7, 11) is 0. The molecule has 1 aromatic heterocycles. The largest absolute Gasteiger partial charge is 0.503 e. The molecular formula is C11H17NO3. The van der Waals surface area contributed by atoms with Gasteiger partial charge in [0.15, 0.2) is 5.75 Å². The fourth-order valence-corrected chi connectivity index (χ4v) is 1.45. The molecule has 0 radical (unpaired) electrons. The van der Waals surface area contributed by atoms with Crippen LogP contribution in [0.3, 0.4) is 0 Å². The highest BCUT2D eigenvalue weighted by Crippen LogP contribution is 2.12. The van der Waals surface area contributed by atoms with Crippen molar-refractivity contribution in [3.8, 4) is 5.75 Å². The molecule has 0 fully saturated rings. The van der Waals surface area contributed by atoms with E-state index in [-0.39, 0.29) is 23.5 Å². The topological polar surface area (TPSA) is 51.5 Å². The van der Waals surface area contributed by atoms with Gasteiger partial charge in [0, 0.05) is 12.8 Å². The molecule has 0 aliphatic heterocycles. The average Bonchev–Trinajstić information content (AvgIpc) is 2.21. The van der Waals surface area contributed by atoms with Crippen LogP contribution in [-0.4, -0.2) is 22.4 Å². The standard InChI is InChI=1S/C11H17NO3/c1-4-15-9(3)8(2)12-7-5-6-10(13)11(12)14/h5-9,13H,4H2,1-3H3. The van der Waals surface area contributed by atoms with Gasteiger partial charge in [0.1, 0.15) is 0 Å². The Kier molecular flexibility index (Phi) is 3.91. The molecule has 1 aromatic rings. The van der Waals surface area contributed by atoms with Crippen molar-refractivity contribution < 1.29 is 9.84 Å². The second kappa shape index (κ2) is 4.98. The summed E-state index contributed by atoms with van der Waals surface area (Å²) in [6, 6.07) is 2.94. The van der Waals surface area contributed by atoms with Crippen molar-refractivity contribution in [3.63, 3.8) is 0 Å². The third-order valence-electron chi connectivity index (χ3n) is 2.50. The molecule has 0 bridgehead atoms. The van der Waals surface area contributed by atoms with Crippen molar-refractivity contribution in [2.75, 3.05) is 6.61 Å². The van der Waals surface area contributed by atoms with Crippen LogP contribution in [0.15, 0.2) is 23.1 Å². The van der Waals surface area contributed by atoms with Crippen LogP contribution in [0, 0.1) is 0 Å². The lowest BCUT2D eigenvalue weighted by Gasteiger charge is -2.22. The van der Waals surface area contributed by atoms with E-state index in [0.717, 1.165) is 0 Å². The van der Waals surface area contributed by atoms with E-state index in [9.17, 15) is 9.90 Å². The predicted octanol–water partition coefficient (Wildman–Crippen LogP) is 1.54. The Morgan fingerprint density at radius 3 is 2.80 bits per heavy atom. The van der Waals surface area contributed by atoms with Crippen molar-refractivity contribution in [3.05, 3.63) is 28.7 Å². The number of nitrogens with zero attached hydrogens (tertiary/aromatic N) is 1. The molecule has 0 aromatic carbocycles. The monoisotopic (exact) mass is 211 g/mol. The van der Waals surface area contributed by atoms with E-state index in [1.165, 1.54) is 10.6 Å². The molecule has 1 rings (SSSR count). The smallest absolute Gasteiger partial charge is 0.292 e. The van der Waals surface area contributed by atoms with Gasteiger partial charge < -0.3 is 14.4 Å². The van der Waals surface area contributed by atoms with E-state index < -0.39 is 0 Å². The summed E-state index contributed by atoms with van der Waals surface area (Å²) >= 11 is 0. The van der Waals surface area contributed by atoms with Crippen LogP contribution in [0.4, 0.5) is 0 Å². The molecule has 1 heterocycles. The second-order valence-electron chi connectivity index (χ2n) is 3.51. The molecule has 84 valence electrons. The first-order valence-corrected chi connectivity index (χ1v) is 5.09. The van der Waals surface area contributed by atoms with Gasteiger partial charge in [-0.1, -0.05) is 0 Å². The molecule has 0 saturated carbocycles. The Balaban J connectivity index is 2.96. The maximum atomic E-state index is 11.6. The summed E-state index contributed by atoms with van der Waals surface area (Å²) in [6.45, 7) is 6.32. The molecule has 0 aliphatic rings. The van der Waals surface area contributed by atoms with Crippen molar-refractivity contribution in [1.29, 1.82) is 0 Å². The van der Waals surface area contributed by atoms with Crippen molar-refractivity contribution in [2.45, 2.75) is 32.9 Å². The Morgan fingerprint density at radius 1 is 1.53 bits per heavy atom. The fourth-order valence-electron chi connectivity index (χ4n) is 1.45. The third kappa shape index (κ3) is 2.59. The summed E-state index contributed by atoms with van der Waals surface area (Å²) in [5.41, 5.74) is -0.378. The van der Waals surface area contributed by atoms with E-state index in [0.29, 0.717) is 6.61 Å². The number of aromatic hydroxyl groups is 1. The van der Waals surface area contributed by atoms with Crippen LogP contribution in [0.1, 0.15) is 26.8 Å². The summed E-state index contributed by atoms with van der Waals surface area (Å²) in [6.07, 6.45) is 1.59. The van der Waals surface area contributed by atoms with E-state index in [2.05, 4.69) is 0 Å². The highest BCUT2D eigenvalue weighted by molar-refractivity contribution is 5.15. The zero-order valence-electron chi connectivity index (χ0n) is 9.30. The Morgan fingerprint density at radius 2 is 2.20 bits per heavy atom. The third-order valence-corrected chi connectivity index (χ3v) is 2.50. The van der Waals surface area contributed by atoms with Gasteiger partial charge in [-0.15, -0.1) is 0 Å². The summed E-state index contributed by atoms with van der Waals surface area (Å²) in [5.74, 6) is -0.229. The first-order chi connectivity index (χ1) is 7.07. The number of hydrogen-bond donors (Lipinski definition) is 1. The quantitative estimate of drug-likeness (QED) is 0.821. The van der Waals surface area contributed by atoms with Crippen LogP contribution >= 0.6 is 0 Å². The molecule has 4 heteroatoms. The fraction of sp³-hybridized carbons (Fsp3) is 0.545. The summed E-state index contributed by atoms with van der Waals surface area (Å²) < 4.78 is 6.89. The van der Waals surface area contributed by atoms with Crippen molar-refractivity contribution >= 4 is 0 Å². The van der Waals surface area contributed by atoms with Gasteiger partial charge in [-0.25, -0.2) is 0 Å². The molecule has 2 atom stereocenters. The summed E-state index contributed by atoms with van der Waals surface area (Å²) in [4.78, 5) is 11.6. The van der Waals surface area contributed by atoms with E-state index in [4.69, 9.17) is 4.74 Å². The minimum absolute atomic E-state index is 0.0606. The normalized spacial score (nSPS) is 14.9. The number of aromatic nitrogens is 1. The first-order valence-electron chi connectivity index (χ1n) is 5.09.